The topological polar surface area (TPSA) is 91.7 Å². The Morgan fingerprint density at radius 2 is 1.82 bits per heavy atom. The zero-order valence-electron chi connectivity index (χ0n) is 19.5. The van der Waals surface area contributed by atoms with E-state index in [1.165, 1.54) is 21.7 Å². The number of carbonyl (C=O) groups excluding carboxylic acids is 1. The highest BCUT2D eigenvalue weighted by atomic mass is 32.2. The molecule has 2 fully saturated rings. The lowest BCUT2D eigenvalue weighted by molar-refractivity contribution is -0.126. The number of hydrogen-bond acceptors (Lipinski definition) is 6. The molecule has 0 aliphatic carbocycles. The molecule has 0 saturated carbocycles. The van der Waals surface area contributed by atoms with Crippen LogP contribution in [0.4, 0.5) is 0 Å². The first-order chi connectivity index (χ1) is 15.8. The lowest BCUT2D eigenvalue weighted by Crippen LogP contribution is -2.43. The van der Waals surface area contributed by atoms with Crippen LogP contribution in [0.25, 0.3) is 10.2 Å². The predicted molar refractivity (Wildman–Crippen MR) is 131 cm³/mol. The maximum Gasteiger partial charge on any atom is 0.307 e. The number of hydrogen-bond donors (Lipinski definition) is 1. The van der Waals surface area contributed by atoms with Crippen molar-refractivity contribution in [3.8, 4) is 0 Å². The van der Waals surface area contributed by atoms with Crippen LogP contribution in [0, 0.1) is 11.8 Å². The molecular formula is C23H34N4O4S2. The zero-order chi connectivity index (χ0) is 23.6. The molecule has 0 radical (unpaired) electrons. The van der Waals surface area contributed by atoms with Crippen molar-refractivity contribution >= 4 is 37.5 Å². The number of thiazole rings is 1. The maximum atomic E-state index is 13.1. The summed E-state index contributed by atoms with van der Waals surface area (Å²) in [5.74, 6) is 0.715. The van der Waals surface area contributed by atoms with Crippen molar-refractivity contribution in [2.45, 2.75) is 43.9 Å². The molecule has 2 aromatic rings. The second-order valence-corrected chi connectivity index (χ2v) is 12.3. The van der Waals surface area contributed by atoms with Crippen LogP contribution in [-0.4, -0.2) is 67.4 Å². The number of nitrogens with zero attached hydrogens (tertiary/aromatic N) is 3. The third-order valence-electron chi connectivity index (χ3n) is 7.05. The Kier molecular flexibility index (Phi) is 7.57. The molecular weight excluding hydrogens is 460 g/mol. The third-order valence-corrected chi connectivity index (χ3v) is 9.94. The lowest BCUT2D eigenvalue weighted by atomic mass is 9.97. The van der Waals surface area contributed by atoms with E-state index in [1.807, 2.05) is 0 Å². The van der Waals surface area contributed by atoms with E-state index in [1.54, 1.807) is 25.2 Å². The highest BCUT2D eigenvalue weighted by Crippen LogP contribution is 2.27. The summed E-state index contributed by atoms with van der Waals surface area (Å²) in [6, 6.07) is 4.83. The number of nitrogens with one attached hydrogen (secondary N) is 1. The summed E-state index contributed by atoms with van der Waals surface area (Å²) in [4.78, 5) is 27.0. The minimum atomic E-state index is -3.65. The van der Waals surface area contributed by atoms with E-state index in [0.29, 0.717) is 37.2 Å². The van der Waals surface area contributed by atoms with Gasteiger partial charge in [-0.1, -0.05) is 18.3 Å². The van der Waals surface area contributed by atoms with Gasteiger partial charge in [0.25, 0.3) is 0 Å². The molecule has 8 nitrogen and oxygen atoms in total. The Morgan fingerprint density at radius 3 is 2.52 bits per heavy atom. The van der Waals surface area contributed by atoms with Crippen molar-refractivity contribution in [3.05, 3.63) is 27.9 Å². The first-order valence-corrected chi connectivity index (χ1v) is 14.1. The second kappa shape index (κ2) is 10.2. The minimum absolute atomic E-state index is 0.0368. The molecule has 33 heavy (non-hydrogen) atoms. The van der Waals surface area contributed by atoms with Crippen LogP contribution in [0.15, 0.2) is 27.9 Å². The van der Waals surface area contributed by atoms with Crippen LogP contribution >= 0.6 is 11.3 Å². The van der Waals surface area contributed by atoms with E-state index in [-0.39, 0.29) is 21.6 Å². The number of fused-ring (bicyclic) bond motifs is 1. The Bertz CT molecular complexity index is 1140. The quantitative estimate of drug-likeness (QED) is 0.596. The maximum absolute atomic E-state index is 13.1. The summed E-state index contributed by atoms with van der Waals surface area (Å²) >= 11 is 1.05. The molecule has 0 spiro atoms. The number of likely N-dealkylation sites (tertiary alicyclic amines) is 1. The fourth-order valence-electron chi connectivity index (χ4n) is 4.73. The van der Waals surface area contributed by atoms with Crippen molar-refractivity contribution in [2.24, 2.45) is 18.9 Å². The predicted octanol–water partition coefficient (Wildman–Crippen LogP) is 2.24. The molecule has 0 unspecified atom stereocenters. The van der Waals surface area contributed by atoms with Gasteiger partial charge < -0.3 is 14.8 Å². The molecule has 4 rings (SSSR count). The molecule has 1 aromatic heterocycles. The molecule has 182 valence electrons. The van der Waals surface area contributed by atoms with Crippen LogP contribution in [0.2, 0.25) is 0 Å². The Hall–Kier alpha value is -1.75. The van der Waals surface area contributed by atoms with Gasteiger partial charge in [0.15, 0.2) is 0 Å². The number of sulfonamides is 1. The molecule has 3 heterocycles. The van der Waals surface area contributed by atoms with E-state index < -0.39 is 10.0 Å². The average Bonchev–Trinajstić information content (AvgIpc) is 3.10. The van der Waals surface area contributed by atoms with Gasteiger partial charge in [0.2, 0.25) is 15.9 Å². The van der Waals surface area contributed by atoms with E-state index in [9.17, 15) is 18.0 Å². The first-order valence-electron chi connectivity index (χ1n) is 11.9. The number of amides is 1. The number of aromatic nitrogens is 1. The van der Waals surface area contributed by atoms with Crippen molar-refractivity contribution in [3.63, 3.8) is 0 Å². The van der Waals surface area contributed by atoms with Crippen molar-refractivity contribution < 1.29 is 13.2 Å². The van der Waals surface area contributed by atoms with Crippen LogP contribution in [0.1, 0.15) is 39.0 Å². The van der Waals surface area contributed by atoms with E-state index in [0.717, 1.165) is 48.8 Å². The van der Waals surface area contributed by atoms with Crippen molar-refractivity contribution in [1.29, 1.82) is 0 Å². The standard InChI is InChI=1S/C23H34N4O4S2/c1-17-6-12-26(13-7-17)11-3-10-24-22(28)18-8-14-27(15-9-18)33(30,31)19-4-5-20-21(16-19)32-23(29)25(20)2/h4-5,16-18H,3,6-15H2,1-2H3,(H,24,28). The normalized spacial score (nSPS) is 19.8. The number of carbonyl (C=O) groups is 1. The number of aryl methyl sites for hydroxylation is 1. The summed E-state index contributed by atoms with van der Waals surface area (Å²) in [5.41, 5.74) is 0.731. The zero-order valence-corrected chi connectivity index (χ0v) is 21.1. The largest absolute Gasteiger partial charge is 0.356 e. The summed E-state index contributed by atoms with van der Waals surface area (Å²) in [7, 11) is -1.97. The molecule has 0 atom stereocenters. The van der Waals surface area contributed by atoms with Gasteiger partial charge in [-0.2, -0.15) is 4.31 Å². The van der Waals surface area contributed by atoms with Crippen LogP contribution in [0.5, 0.6) is 0 Å². The van der Waals surface area contributed by atoms with Crippen molar-refractivity contribution in [2.75, 3.05) is 39.3 Å². The molecule has 1 amide bonds. The SMILES string of the molecule is CC1CCN(CCCNC(=O)C2CCN(S(=O)(=O)c3ccc4c(c3)sc(=O)n4C)CC2)CC1. The van der Waals surface area contributed by atoms with Crippen LogP contribution in [0.3, 0.4) is 0 Å². The van der Waals surface area contributed by atoms with Crippen molar-refractivity contribution in [1.82, 2.24) is 19.1 Å². The Balaban J connectivity index is 1.25. The van der Waals surface area contributed by atoms with Gasteiger partial charge in [0.1, 0.15) is 0 Å². The van der Waals surface area contributed by atoms with Gasteiger partial charge in [-0.15, -0.1) is 0 Å². The molecule has 2 aliphatic rings. The Labute approximate surface area is 199 Å². The summed E-state index contributed by atoms with van der Waals surface area (Å²) in [5, 5.41) is 3.05. The molecule has 0 bridgehead atoms. The molecule has 10 heteroatoms. The van der Waals surface area contributed by atoms with Gasteiger partial charge in [-0.05, 0) is 75.9 Å². The molecule has 2 aliphatic heterocycles. The highest BCUT2D eigenvalue weighted by Gasteiger charge is 2.32. The van der Waals surface area contributed by atoms with Crippen LogP contribution in [-0.2, 0) is 21.9 Å². The van der Waals surface area contributed by atoms with E-state index >= 15 is 0 Å². The first kappa shape index (κ1) is 24.4. The smallest absolute Gasteiger partial charge is 0.307 e. The summed E-state index contributed by atoms with van der Waals surface area (Å²) in [6.07, 6.45) is 4.51. The van der Waals surface area contributed by atoms with Gasteiger partial charge >= 0.3 is 4.87 Å². The monoisotopic (exact) mass is 494 g/mol. The highest BCUT2D eigenvalue weighted by molar-refractivity contribution is 7.89. The number of piperidine rings is 2. The molecule has 2 saturated heterocycles. The number of rotatable bonds is 7. The van der Waals surface area contributed by atoms with E-state index in [4.69, 9.17) is 0 Å². The average molecular weight is 495 g/mol. The fraction of sp³-hybridized carbons (Fsp3) is 0.652. The Morgan fingerprint density at radius 1 is 1.12 bits per heavy atom. The van der Waals surface area contributed by atoms with Gasteiger partial charge in [0, 0.05) is 32.6 Å². The third kappa shape index (κ3) is 5.50. The van der Waals surface area contributed by atoms with Gasteiger partial charge in [-0.25, -0.2) is 8.42 Å². The second-order valence-electron chi connectivity index (χ2n) is 9.40. The summed E-state index contributed by atoms with van der Waals surface area (Å²) in [6.45, 7) is 6.95. The molecule has 1 aromatic carbocycles. The summed E-state index contributed by atoms with van der Waals surface area (Å²) < 4.78 is 29.9. The fourth-order valence-corrected chi connectivity index (χ4v) is 7.22. The van der Waals surface area contributed by atoms with Gasteiger partial charge in [0.05, 0.1) is 15.1 Å². The van der Waals surface area contributed by atoms with E-state index in [2.05, 4.69) is 17.1 Å². The van der Waals surface area contributed by atoms with Gasteiger partial charge in [-0.3, -0.25) is 9.59 Å². The lowest BCUT2D eigenvalue weighted by Gasteiger charge is -2.31. The van der Waals surface area contributed by atoms with Crippen LogP contribution < -0.4 is 10.2 Å². The number of benzene rings is 1. The minimum Gasteiger partial charge on any atom is -0.356 e. The molecule has 1 N–H and O–H groups in total.